The van der Waals surface area contributed by atoms with Crippen LogP contribution < -0.4 is 5.32 Å². The molecular formula is C14H19N. The lowest BCUT2D eigenvalue weighted by Crippen LogP contribution is -2.08. The molecule has 0 aromatic heterocycles. The molecule has 1 aliphatic rings. The molecule has 1 aromatic rings. The molecule has 0 amide bonds. The van der Waals surface area contributed by atoms with Crippen molar-refractivity contribution in [3.8, 4) is 0 Å². The predicted octanol–water partition coefficient (Wildman–Crippen LogP) is 2.97. The zero-order valence-corrected chi connectivity index (χ0v) is 9.42. The zero-order chi connectivity index (χ0) is 10.7. The second-order valence-corrected chi connectivity index (χ2v) is 4.21. The molecule has 0 radical (unpaired) electrons. The highest BCUT2D eigenvalue weighted by Crippen LogP contribution is 2.25. The summed E-state index contributed by atoms with van der Waals surface area (Å²) in [6.45, 7) is 8.37. The molecule has 15 heavy (non-hydrogen) atoms. The molecule has 1 heterocycles. The first-order valence-electron chi connectivity index (χ1n) is 5.81. The molecule has 0 saturated carbocycles. The van der Waals surface area contributed by atoms with Crippen molar-refractivity contribution in [2.45, 2.75) is 25.7 Å². The van der Waals surface area contributed by atoms with E-state index in [2.05, 4.69) is 37.0 Å². The highest BCUT2D eigenvalue weighted by molar-refractivity contribution is 5.53. The number of benzene rings is 1. The second-order valence-electron chi connectivity index (χ2n) is 4.21. The van der Waals surface area contributed by atoms with E-state index in [1.165, 1.54) is 23.1 Å². The summed E-state index contributed by atoms with van der Waals surface area (Å²) in [5, 5.41) is 3.41. The summed E-state index contributed by atoms with van der Waals surface area (Å²) in [4.78, 5) is 0. The van der Waals surface area contributed by atoms with Gasteiger partial charge in [-0.15, -0.1) is 0 Å². The lowest BCUT2D eigenvalue weighted by atomic mass is 9.93. The molecule has 1 unspecified atom stereocenters. The van der Waals surface area contributed by atoms with E-state index >= 15 is 0 Å². The summed E-state index contributed by atoms with van der Waals surface area (Å²) >= 11 is 0. The maximum atomic E-state index is 3.89. The first kappa shape index (κ1) is 10.4. The van der Waals surface area contributed by atoms with Gasteiger partial charge >= 0.3 is 0 Å². The Bertz CT molecular complexity index is 348. The second kappa shape index (κ2) is 4.63. The van der Waals surface area contributed by atoms with E-state index in [-0.39, 0.29) is 0 Å². The SMILES string of the molecule is C=Cc1cc(C2CCNC2)ccc1CC. The molecule has 1 saturated heterocycles. The van der Waals surface area contributed by atoms with Gasteiger partial charge in [0.15, 0.2) is 0 Å². The van der Waals surface area contributed by atoms with Gasteiger partial charge in [0.25, 0.3) is 0 Å². The average molecular weight is 201 g/mol. The van der Waals surface area contributed by atoms with Gasteiger partial charge in [-0.2, -0.15) is 0 Å². The van der Waals surface area contributed by atoms with E-state index in [0.29, 0.717) is 5.92 Å². The molecule has 1 heteroatoms. The molecule has 2 rings (SSSR count). The number of hydrogen-bond acceptors (Lipinski definition) is 1. The van der Waals surface area contributed by atoms with Gasteiger partial charge in [-0.05, 0) is 42.0 Å². The molecule has 1 fully saturated rings. The van der Waals surface area contributed by atoms with Crippen LogP contribution in [0, 0.1) is 0 Å². The van der Waals surface area contributed by atoms with Crippen LogP contribution in [0.1, 0.15) is 36.0 Å². The Kier molecular flexibility index (Phi) is 3.22. The van der Waals surface area contributed by atoms with Gasteiger partial charge in [0, 0.05) is 6.54 Å². The molecule has 0 aliphatic carbocycles. The van der Waals surface area contributed by atoms with Crippen LogP contribution in [0.3, 0.4) is 0 Å². The minimum absolute atomic E-state index is 0.703. The molecule has 0 spiro atoms. The van der Waals surface area contributed by atoms with Gasteiger partial charge < -0.3 is 5.32 Å². The highest BCUT2D eigenvalue weighted by Gasteiger charge is 2.16. The van der Waals surface area contributed by atoms with Crippen molar-refractivity contribution in [3.05, 3.63) is 41.5 Å². The maximum absolute atomic E-state index is 3.89. The van der Waals surface area contributed by atoms with Gasteiger partial charge in [-0.1, -0.05) is 37.8 Å². The van der Waals surface area contributed by atoms with Crippen LogP contribution in [-0.2, 0) is 6.42 Å². The highest BCUT2D eigenvalue weighted by atomic mass is 14.9. The third kappa shape index (κ3) is 2.13. The van der Waals surface area contributed by atoms with Crippen LogP contribution in [0.4, 0.5) is 0 Å². The van der Waals surface area contributed by atoms with Crippen molar-refractivity contribution in [2.24, 2.45) is 0 Å². The first-order valence-corrected chi connectivity index (χ1v) is 5.81. The summed E-state index contributed by atoms with van der Waals surface area (Å²) in [6, 6.07) is 6.84. The third-order valence-electron chi connectivity index (χ3n) is 3.30. The molecule has 80 valence electrons. The Labute approximate surface area is 92.2 Å². The van der Waals surface area contributed by atoms with Crippen molar-refractivity contribution in [1.29, 1.82) is 0 Å². The number of rotatable bonds is 3. The minimum Gasteiger partial charge on any atom is -0.316 e. The fourth-order valence-electron chi connectivity index (χ4n) is 2.32. The van der Waals surface area contributed by atoms with Gasteiger partial charge in [0.1, 0.15) is 0 Å². The van der Waals surface area contributed by atoms with Crippen molar-refractivity contribution >= 4 is 6.08 Å². The van der Waals surface area contributed by atoms with Crippen molar-refractivity contribution < 1.29 is 0 Å². The Morgan fingerprint density at radius 2 is 2.40 bits per heavy atom. The number of hydrogen-bond donors (Lipinski definition) is 1. The van der Waals surface area contributed by atoms with Crippen LogP contribution in [0.5, 0.6) is 0 Å². The summed E-state index contributed by atoms with van der Waals surface area (Å²) in [6.07, 6.45) is 4.33. The van der Waals surface area contributed by atoms with E-state index in [1.807, 2.05) is 6.08 Å². The van der Waals surface area contributed by atoms with Gasteiger partial charge in [-0.25, -0.2) is 0 Å². The Balaban J connectivity index is 2.29. The predicted molar refractivity (Wildman–Crippen MR) is 66.1 cm³/mol. The number of nitrogens with one attached hydrogen (secondary N) is 1. The lowest BCUT2D eigenvalue weighted by Gasteiger charge is -2.12. The summed E-state index contributed by atoms with van der Waals surface area (Å²) in [5.41, 5.74) is 4.17. The molecular weight excluding hydrogens is 182 g/mol. The van der Waals surface area contributed by atoms with Gasteiger partial charge in [-0.3, -0.25) is 0 Å². The summed E-state index contributed by atoms with van der Waals surface area (Å²) in [5.74, 6) is 0.703. The van der Waals surface area contributed by atoms with Crippen LogP contribution in [-0.4, -0.2) is 13.1 Å². The van der Waals surface area contributed by atoms with Crippen molar-refractivity contribution in [2.75, 3.05) is 13.1 Å². The van der Waals surface area contributed by atoms with E-state index in [4.69, 9.17) is 0 Å². The summed E-state index contributed by atoms with van der Waals surface area (Å²) < 4.78 is 0. The standard InChI is InChI=1S/C14H19N/c1-3-11-5-6-13(9-12(11)4-2)14-7-8-15-10-14/h4-6,9,14-15H,2-3,7-8,10H2,1H3. The van der Waals surface area contributed by atoms with Crippen LogP contribution in [0.25, 0.3) is 6.08 Å². The lowest BCUT2D eigenvalue weighted by molar-refractivity contribution is 0.762. The van der Waals surface area contributed by atoms with Gasteiger partial charge in [0.2, 0.25) is 0 Å². The van der Waals surface area contributed by atoms with Crippen molar-refractivity contribution in [3.63, 3.8) is 0 Å². The fourth-order valence-corrected chi connectivity index (χ4v) is 2.32. The Morgan fingerprint density at radius 3 is 3.00 bits per heavy atom. The molecule has 1 atom stereocenters. The minimum atomic E-state index is 0.703. The first-order chi connectivity index (χ1) is 7.35. The zero-order valence-electron chi connectivity index (χ0n) is 9.42. The molecule has 1 N–H and O–H groups in total. The fraction of sp³-hybridized carbons (Fsp3) is 0.429. The monoisotopic (exact) mass is 201 g/mol. The summed E-state index contributed by atoms with van der Waals surface area (Å²) in [7, 11) is 0. The molecule has 1 nitrogen and oxygen atoms in total. The van der Waals surface area contributed by atoms with E-state index in [9.17, 15) is 0 Å². The van der Waals surface area contributed by atoms with Gasteiger partial charge in [0.05, 0.1) is 0 Å². The Morgan fingerprint density at radius 1 is 1.53 bits per heavy atom. The van der Waals surface area contributed by atoms with Crippen LogP contribution in [0.15, 0.2) is 24.8 Å². The van der Waals surface area contributed by atoms with E-state index < -0.39 is 0 Å². The molecule has 1 aromatic carbocycles. The molecule has 1 aliphatic heterocycles. The third-order valence-corrected chi connectivity index (χ3v) is 3.30. The molecule has 0 bridgehead atoms. The smallest absolute Gasteiger partial charge is 0.00206 e. The van der Waals surface area contributed by atoms with E-state index in [1.54, 1.807) is 0 Å². The number of aryl methyl sites for hydroxylation is 1. The normalized spacial score (nSPS) is 20.5. The van der Waals surface area contributed by atoms with Crippen LogP contribution >= 0.6 is 0 Å². The average Bonchev–Trinajstić information content (AvgIpc) is 2.81. The quantitative estimate of drug-likeness (QED) is 0.792. The topological polar surface area (TPSA) is 12.0 Å². The van der Waals surface area contributed by atoms with Crippen molar-refractivity contribution in [1.82, 2.24) is 5.32 Å². The maximum Gasteiger partial charge on any atom is 0.00206 e. The largest absolute Gasteiger partial charge is 0.316 e. The Hall–Kier alpha value is -1.08. The van der Waals surface area contributed by atoms with E-state index in [0.717, 1.165) is 19.5 Å². The van der Waals surface area contributed by atoms with Crippen LogP contribution in [0.2, 0.25) is 0 Å².